The number of aryl methyl sites for hydroxylation is 1. The maximum atomic E-state index is 5.60. The Morgan fingerprint density at radius 2 is 2.17 bits per heavy atom. The molecule has 1 aromatic carbocycles. The van der Waals surface area contributed by atoms with E-state index < -0.39 is 0 Å². The van der Waals surface area contributed by atoms with Gasteiger partial charge in [0, 0.05) is 24.7 Å². The van der Waals surface area contributed by atoms with E-state index in [2.05, 4.69) is 52.0 Å². The van der Waals surface area contributed by atoms with Crippen LogP contribution < -0.4 is 15.4 Å². The molecule has 1 aromatic heterocycles. The topological polar surface area (TPSA) is 58.5 Å². The third-order valence-electron chi connectivity index (χ3n) is 3.41. The Hall–Kier alpha value is -2.21. The molecule has 0 aliphatic carbocycles. The van der Waals surface area contributed by atoms with Gasteiger partial charge in [-0.25, -0.2) is 0 Å². The van der Waals surface area contributed by atoms with E-state index in [0.29, 0.717) is 13.2 Å². The summed E-state index contributed by atoms with van der Waals surface area (Å²) in [5.74, 6) is 1.53. The summed E-state index contributed by atoms with van der Waals surface area (Å²) in [5, 5.41) is 6.58. The van der Waals surface area contributed by atoms with E-state index in [0.717, 1.165) is 18.3 Å². The van der Waals surface area contributed by atoms with E-state index in [1.165, 1.54) is 16.0 Å². The number of nitrogens with one attached hydrogen (secondary N) is 2. The van der Waals surface area contributed by atoms with Crippen LogP contribution in [-0.4, -0.2) is 37.4 Å². The van der Waals surface area contributed by atoms with Crippen LogP contribution in [0.3, 0.4) is 0 Å². The van der Waals surface area contributed by atoms with Crippen molar-refractivity contribution in [1.29, 1.82) is 0 Å². The van der Waals surface area contributed by atoms with Crippen LogP contribution in [0.2, 0.25) is 0 Å². The van der Waals surface area contributed by atoms with Gasteiger partial charge in [-0.15, -0.1) is 11.8 Å². The van der Waals surface area contributed by atoms with Crippen LogP contribution in [0.25, 0.3) is 0 Å². The molecule has 2 N–H and O–H groups in total. The zero-order chi connectivity index (χ0) is 17.2. The maximum Gasteiger partial charge on any atom is 0.191 e. The number of nitrogens with zero attached hydrogens (tertiary/aromatic N) is 2. The summed E-state index contributed by atoms with van der Waals surface area (Å²) in [7, 11) is 1.77. The second kappa shape index (κ2) is 9.82. The maximum absolute atomic E-state index is 5.60. The van der Waals surface area contributed by atoms with Gasteiger partial charge in [0.1, 0.15) is 12.4 Å². The molecule has 0 spiro atoms. The molecule has 0 aliphatic heterocycles. The van der Waals surface area contributed by atoms with E-state index in [-0.39, 0.29) is 0 Å². The molecule has 0 unspecified atom stereocenters. The summed E-state index contributed by atoms with van der Waals surface area (Å²) in [6.07, 6.45) is 5.53. The monoisotopic (exact) mass is 344 g/mol. The van der Waals surface area contributed by atoms with Gasteiger partial charge in [0.15, 0.2) is 5.96 Å². The van der Waals surface area contributed by atoms with Crippen molar-refractivity contribution in [3.8, 4) is 5.75 Å². The van der Waals surface area contributed by atoms with E-state index in [9.17, 15) is 0 Å². The molecule has 2 aromatic rings. The number of benzene rings is 1. The van der Waals surface area contributed by atoms with Crippen molar-refractivity contribution < 1.29 is 4.74 Å². The normalized spacial score (nSPS) is 11.2. The van der Waals surface area contributed by atoms with E-state index in [4.69, 9.17) is 4.74 Å². The summed E-state index contributed by atoms with van der Waals surface area (Å²) >= 11 is 1.76. The quantitative estimate of drug-likeness (QED) is 0.350. The third kappa shape index (κ3) is 5.77. The number of aliphatic imine (C=N–C) groups is 1. The van der Waals surface area contributed by atoms with Gasteiger partial charge in [-0.1, -0.05) is 12.1 Å². The van der Waals surface area contributed by atoms with Crippen molar-refractivity contribution in [3.05, 3.63) is 53.9 Å². The van der Waals surface area contributed by atoms with Gasteiger partial charge in [0.25, 0.3) is 0 Å². The molecule has 128 valence electrons. The molecule has 2 rings (SSSR count). The first-order valence-electron chi connectivity index (χ1n) is 7.84. The van der Waals surface area contributed by atoms with Gasteiger partial charge in [0.2, 0.25) is 0 Å². The number of aromatic nitrogens is 1. The molecular formula is C18H24N4OS. The van der Waals surface area contributed by atoms with Crippen LogP contribution in [0.4, 0.5) is 0 Å². The fourth-order valence-electron chi connectivity index (χ4n) is 2.17. The van der Waals surface area contributed by atoms with Crippen molar-refractivity contribution in [2.75, 3.05) is 26.5 Å². The lowest BCUT2D eigenvalue weighted by molar-refractivity contribution is 0.320. The predicted octanol–water partition coefficient (Wildman–Crippen LogP) is 2.86. The molecule has 0 aliphatic rings. The Labute approximate surface area is 147 Å². The van der Waals surface area contributed by atoms with Crippen LogP contribution in [0.5, 0.6) is 5.75 Å². The van der Waals surface area contributed by atoms with Crippen molar-refractivity contribution in [2.45, 2.75) is 18.4 Å². The molecule has 0 saturated heterocycles. The van der Waals surface area contributed by atoms with E-state index in [1.807, 2.05) is 12.1 Å². The number of guanidine groups is 1. The van der Waals surface area contributed by atoms with Gasteiger partial charge < -0.3 is 15.4 Å². The molecule has 0 bridgehead atoms. The fraction of sp³-hybridized carbons (Fsp3) is 0.333. The number of thioether (sulfide) groups is 1. The fourth-order valence-corrected chi connectivity index (χ4v) is 2.87. The van der Waals surface area contributed by atoms with Crippen molar-refractivity contribution in [2.24, 2.45) is 4.99 Å². The van der Waals surface area contributed by atoms with Crippen molar-refractivity contribution in [3.63, 3.8) is 0 Å². The van der Waals surface area contributed by atoms with E-state index in [1.54, 1.807) is 31.2 Å². The summed E-state index contributed by atoms with van der Waals surface area (Å²) in [6.45, 7) is 4.06. The van der Waals surface area contributed by atoms with Crippen LogP contribution in [-0.2, 0) is 6.54 Å². The molecule has 0 atom stereocenters. The summed E-state index contributed by atoms with van der Waals surface area (Å²) in [4.78, 5) is 9.55. The molecule has 1 heterocycles. The van der Waals surface area contributed by atoms with Gasteiger partial charge in [-0.05, 0) is 42.5 Å². The van der Waals surface area contributed by atoms with Crippen LogP contribution in [0, 0.1) is 6.92 Å². The minimum Gasteiger partial charge on any atom is -0.490 e. The number of rotatable bonds is 7. The van der Waals surface area contributed by atoms with Gasteiger partial charge in [-0.3, -0.25) is 9.98 Å². The minimum absolute atomic E-state index is 0.549. The Balaban J connectivity index is 1.76. The summed E-state index contributed by atoms with van der Waals surface area (Å²) in [5.41, 5.74) is 2.54. The van der Waals surface area contributed by atoms with Crippen LogP contribution >= 0.6 is 11.8 Å². The number of hydrogen-bond acceptors (Lipinski definition) is 4. The number of ether oxygens (including phenoxy) is 1. The van der Waals surface area contributed by atoms with Crippen LogP contribution in [0.15, 0.2) is 52.6 Å². The SMILES string of the molecule is CN=C(NCCOc1cccnc1)NCc1ccc(C)cc1SC. The Kier molecular flexibility index (Phi) is 7.42. The second-order valence-corrected chi connectivity index (χ2v) is 6.05. The lowest BCUT2D eigenvalue weighted by Gasteiger charge is -2.14. The molecule has 0 saturated carbocycles. The second-order valence-electron chi connectivity index (χ2n) is 5.21. The molecular weight excluding hydrogens is 320 g/mol. The van der Waals surface area contributed by atoms with Crippen molar-refractivity contribution >= 4 is 17.7 Å². The predicted molar refractivity (Wildman–Crippen MR) is 101 cm³/mol. The lowest BCUT2D eigenvalue weighted by Crippen LogP contribution is -2.39. The molecule has 6 heteroatoms. The molecule has 5 nitrogen and oxygen atoms in total. The minimum atomic E-state index is 0.549. The third-order valence-corrected chi connectivity index (χ3v) is 4.23. The highest BCUT2D eigenvalue weighted by Gasteiger charge is 2.04. The van der Waals surface area contributed by atoms with Gasteiger partial charge in [-0.2, -0.15) is 0 Å². The highest BCUT2D eigenvalue weighted by Crippen LogP contribution is 2.21. The first-order valence-corrected chi connectivity index (χ1v) is 9.06. The number of hydrogen-bond donors (Lipinski definition) is 2. The van der Waals surface area contributed by atoms with Gasteiger partial charge >= 0.3 is 0 Å². The van der Waals surface area contributed by atoms with Crippen LogP contribution in [0.1, 0.15) is 11.1 Å². The average molecular weight is 344 g/mol. The highest BCUT2D eigenvalue weighted by molar-refractivity contribution is 7.98. The van der Waals surface area contributed by atoms with Gasteiger partial charge in [0.05, 0.1) is 12.7 Å². The largest absolute Gasteiger partial charge is 0.490 e. The Bertz CT molecular complexity index is 661. The highest BCUT2D eigenvalue weighted by atomic mass is 32.2. The molecule has 0 amide bonds. The average Bonchev–Trinajstić information content (AvgIpc) is 2.62. The smallest absolute Gasteiger partial charge is 0.191 e. The standard InChI is InChI=1S/C18H24N4OS/c1-14-6-7-15(17(11-14)24-3)12-22-18(19-2)21-9-10-23-16-5-4-8-20-13-16/h4-8,11,13H,9-10,12H2,1-3H3,(H2,19,21,22). The molecule has 24 heavy (non-hydrogen) atoms. The number of pyridine rings is 1. The molecule has 0 fully saturated rings. The zero-order valence-corrected chi connectivity index (χ0v) is 15.2. The van der Waals surface area contributed by atoms with E-state index >= 15 is 0 Å². The Morgan fingerprint density at radius 1 is 1.29 bits per heavy atom. The zero-order valence-electron chi connectivity index (χ0n) is 14.4. The Morgan fingerprint density at radius 3 is 2.88 bits per heavy atom. The molecule has 0 radical (unpaired) electrons. The van der Waals surface area contributed by atoms with Crippen molar-refractivity contribution in [1.82, 2.24) is 15.6 Å². The lowest BCUT2D eigenvalue weighted by atomic mass is 10.1. The summed E-state index contributed by atoms with van der Waals surface area (Å²) < 4.78 is 5.60. The first-order chi connectivity index (χ1) is 11.7. The summed E-state index contributed by atoms with van der Waals surface area (Å²) in [6, 6.07) is 10.2. The first kappa shape index (κ1) is 18.1.